The Morgan fingerprint density at radius 1 is 0.676 bits per heavy atom. The van der Waals surface area contributed by atoms with Gasteiger partial charge in [0.1, 0.15) is 12.4 Å². The maximum atomic E-state index is 13.8. The van der Waals surface area contributed by atoms with Crippen LogP contribution in [-0.2, 0) is 0 Å². The molecule has 0 saturated carbocycles. The molecule has 3 amide bonds. The second-order valence-electron chi connectivity index (χ2n) is 8.40. The van der Waals surface area contributed by atoms with Crippen LogP contribution in [0.1, 0.15) is 47.0 Å². The molecule has 7 nitrogen and oxygen atoms in total. The van der Waals surface area contributed by atoms with Gasteiger partial charge in [0.15, 0.2) is 5.78 Å². The van der Waals surface area contributed by atoms with E-state index in [2.05, 4.69) is 0 Å². The van der Waals surface area contributed by atoms with Gasteiger partial charge in [-0.05, 0) is 36.4 Å². The normalized spacial score (nSPS) is 12.3. The number of amides is 3. The number of imide groups is 1. The number of anilines is 1. The van der Waals surface area contributed by atoms with Gasteiger partial charge < -0.3 is 4.74 Å². The zero-order valence-corrected chi connectivity index (χ0v) is 20.0. The first-order valence-electron chi connectivity index (χ1n) is 11.6. The van der Waals surface area contributed by atoms with Crippen LogP contribution in [0.3, 0.4) is 0 Å². The van der Waals surface area contributed by atoms with Gasteiger partial charge in [-0.25, -0.2) is 0 Å². The molecule has 0 fully saturated rings. The molecule has 0 radical (unpaired) electrons. The number of rotatable bonds is 7. The van der Waals surface area contributed by atoms with E-state index in [1.165, 1.54) is 12.0 Å². The first kappa shape index (κ1) is 23.7. The molecule has 4 aromatic carbocycles. The molecule has 1 aliphatic rings. The van der Waals surface area contributed by atoms with E-state index >= 15 is 0 Å². The van der Waals surface area contributed by atoms with E-state index in [4.69, 9.17) is 4.74 Å². The van der Waals surface area contributed by atoms with Crippen molar-refractivity contribution >= 4 is 29.2 Å². The minimum atomic E-state index is -0.475. The zero-order chi connectivity index (χ0) is 25.9. The van der Waals surface area contributed by atoms with Crippen molar-refractivity contribution in [2.75, 3.05) is 18.7 Å². The quantitative estimate of drug-likeness (QED) is 0.274. The summed E-state index contributed by atoms with van der Waals surface area (Å²) in [4.78, 5) is 55.0. The number of hydrogen-bond acceptors (Lipinski definition) is 5. The summed E-state index contributed by atoms with van der Waals surface area (Å²) in [6.45, 7) is -0.309. The fourth-order valence-electron chi connectivity index (χ4n) is 4.29. The molecule has 37 heavy (non-hydrogen) atoms. The SMILES string of the molecule is COc1ccccc1N(CN1C(=O)c2ccccc2C1=O)C(=O)c1ccc(C(=O)c2ccccc2)cc1. The highest BCUT2D eigenvalue weighted by Gasteiger charge is 2.37. The molecule has 7 heteroatoms. The molecule has 0 atom stereocenters. The summed E-state index contributed by atoms with van der Waals surface area (Å²) in [5.74, 6) is -1.16. The number of carbonyl (C=O) groups excluding carboxylic acids is 4. The molecule has 4 aromatic rings. The van der Waals surface area contributed by atoms with Crippen molar-refractivity contribution in [1.29, 1.82) is 0 Å². The number of ether oxygens (including phenoxy) is 1. The lowest BCUT2D eigenvalue weighted by Gasteiger charge is -2.28. The van der Waals surface area contributed by atoms with Crippen LogP contribution in [0.4, 0.5) is 5.69 Å². The molecule has 1 aliphatic heterocycles. The fraction of sp³-hybridized carbons (Fsp3) is 0.0667. The summed E-state index contributed by atoms with van der Waals surface area (Å²) in [7, 11) is 1.48. The van der Waals surface area contributed by atoms with Gasteiger partial charge in [0.2, 0.25) is 0 Å². The van der Waals surface area contributed by atoms with Crippen LogP contribution in [-0.4, -0.2) is 42.2 Å². The highest BCUT2D eigenvalue weighted by atomic mass is 16.5. The molecular weight excluding hydrogens is 468 g/mol. The van der Waals surface area contributed by atoms with Crippen LogP contribution in [0.2, 0.25) is 0 Å². The van der Waals surface area contributed by atoms with Gasteiger partial charge in [-0.1, -0.05) is 66.7 Å². The minimum absolute atomic E-state index is 0.160. The van der Waals surface area contributed by atoms with Gasteiger partial charge >= 0.3 is 0 Å². The third kappa shape index (κ3) is 4.38. The Labute approximate surface area is 213 Å². The highest BCUT2D eigenvalue weighted by Crippen LogP contribution is 2.31. The van der Waals surface area contributed by atoms with Crippen molar-refractivity contribution < 1.29 is 23.9 Å². The Bertz CT molecular complexity index is 1480. The average Bonchev–Trinajstić information content (AvgIpc) is 3.20. The summed E-state index contributed by atoms with van der Waals surface area (Å²) in [5.41, 5.74) is 2.25. The van der Waals surface area contributed by atoms with Crippen LogP contribution >= 0.6 is 0 Å². The van der Waals surface area contributed by atoms with Crippen molar-refractivity contribution in [2.24, 2.45) is 0 Å². The van der Waals surface area contributed by atoms with Crippen LogP contribution in [0, 0.1) is 0 Å². The molecule has 1 heterocycles. The van der Waals surface area contributed by atoms with E-state index in [1.54, 1.807) is 97.1 Å². The highest BCUT2D eigenvalue weighted by molar-refractivity contribution is 6.22. The standard InChI is InChI=1S/C30H22N2O5/c1-37-26-14-8-7-13-25(26)31(19-32-29(35)23-11-5-6-12-24(23)30(32)36)28(34)22-17-15-21(16-18-22)27(33)20-9-3-2-4-10-20/h2-18H,19H2,1H3. The summed E-state index contributed by atoms with van der Waals surface area (Å²) >= 11 is 0. The van der Waals surface area contributed by atoms with E-state index in [9.17, 15) is 19.2 Å². The Morgan fingerprint density at radius 3 is 1.81 bits per heavy atom. The Kier molecular flexibility index (Phi) is 6.34. The average molecular weight is 491 g/mol. The molecule has 0 N–H and O–H groups in total. The number of carbonyl (C=O) groups is 4. The Morgan fingerprint density at radius 2 is 1.19 bits per heavy atom. The van der Waals surface area contributed by atoms with E-state index < -0.39 is 17.7 Å². The van der Waals surface area contributed by atoms with Crippen molar-refractivity contribution in [3.8, 4) is 5.75 Å². The number of methoxy groups -OCH3 is 1. The minimum Gasteiger partial charge on any atom is -0.495 e. The summed E-state index contributed by atoms with van der Waals surface area (Å²) in [6.07, 6.45) is 0. The Hall–Kier alpha value is -5.04. The summed E-state index contributed by atoms with van der Waals surface area (Å²) in [6, 6.07) is 28.6. The summed E-state index contributed by atoms with van der Waals surface area (Å²) < 4.78 is 5.46. The van der Waals surface area contributed by atoms with Crippen molar-refractivity contribution in [3.05, 3.63) is 131 Å². The van der Waals surface area contributed by atoms with E-state index in [-0.39, 0.29) is 18.0 Å². The van der Waals surface area contributed by atoms with Crippen LogP contribution in [0.15, 0.2) is 103 Å². The second-order valence-corrected chi connectivity index (χ2v) is 8.40. The molecule has 0 aromatic heterocycles. The number of hydrogen-bond donors (Lipinski definition) is 0. The maximum absolute atomic E-state index is 13.8. The van der Waals surface area contributed by atoms with Crippen molar-refractivity contribution in [1.82, 2.24) is 4.90 Å². The van der Waals surface area contributed by atoms with Gasteiger partial charge in [0.05, 0.1) is 23.9 Å². The molecular formula is C30H22N2O5. The maximum Gasteiger partial charge on any atom is 0.263 e. The molecule has 0 bridgehead atoms. The van der Waals surface area contributed by atoms with E-state index in [0.717, 1.165) is 4.90 Å². The van der Waals surface area contributed by atoms with E-state index in [1.807, 2.05) is 6.07 Å². The van der Waals surface area contributed by atoms with Crippen LogP contribution < -0.4 is 9.64 Å². The fourth-order valence-corrected chi connectivity index (χ4v) is 4.29. The molecule has 0 unspecified atom stereocenters. The predicted molar refractivity (Wildman–Crippen MR) is 138 cm³/mol. The van der Waals surface area contributed by atoms with Crippen LogP contribution in [0.5, 0.6) is 5.75 Å². The smallest absolute Gasteiger partial charge is 0.263 e. The van der Waals surface area contributed by atoms with E-state index in [0.29, 0.717) is 33.7 Å². The van der Waals surface area contributed by atoms with Gasteiger partial charge in [0, 0.05) is 16.7 Å². The molecule has 0 spiro atoms. The number of benzene rings is 4. The first-order valence-corrected chi connectivity index (χ1v) is 11.6. The van der Waals surface area contributed by atoms with Gasteiger partial charge in [-0.3, -0.25) is 29.0 Å². The number of ketones is 1. The monoisotopic (exact) mass is 490 g/mol. The van der Waals surface area contributed by atoms with Crippen molar-refractivity contribution in [2.45, 2.75) is 0 Å². The predicted octanol–water partition coefficient (Wildman–Crippen LogP) is 4.83. The number of fused-ring (bicyclic) bond motifs is 1. The van der Waals surface area contributed by atoms with Gasteiger partial charge in [0.25, 0.3) is 17.7 Å². The van der Waals surface area contributed by atoms with Gasteiger partial charge in [-0.15, -0.1) is 0 Å². The molecule has 0 saturated heterocycles. The largest absolute Gasteiger partial charge is 0.495 e. The zero-order valence-electron chi connectivity index (χ0n) is 20.0. The number of nitrogens with zero attached hydrogens (tertiary/aromatic N) is 2. The third-order valence-electron chi connectivity index (χ3n) is 6.21. The second kappa shape index (κ2) is 9.91. The molecule has 0 aliphatic carbocycles. The summed E-state index contributed by atoms with van der Waals surface area (Å²) in [5, 5.41) is 0. The first-order chi connectivity index (χ1) is 18.0. The topological polar surface area (TPSA) is 84.0 Å². The number of para-hydroxylation sites is 2. The lowest BCUT2D eigenvalue weighted by atomic mass is 10.0. The van der Waals surface area contributed by atoms with Crippen molar-refractivity contribution in [3.63, 3.8) is 0 Å². The third-order valence-corrected chi connectivity index (χ3v) is 6.21. The molecule has 5 rings (SSSR count). The Balaban J connectivity index is 1.48. The van der Waals surface area contributed by atoms with Crippen LogP contribution in [0.25, 0.3) is 0 Å². The van der Waals surface area contributed by atoms with Gasteiger partial charge in [-0.2, -0.15) is 0 Å². The molecule has 182 valence electrons. The lowest BCUT2D eigenvalue weighted by molar-refractivity contribution is 0.0650. The lowest BCUT2D eigenvalue weighted by Crippen LogP contribution is -2.44.